The molecule has 3 heteroatoms. The highest BCUT2D eigenvalue weighted by molar-refractivity contribution is 9.10. The fraction of sp³-hybridized carbons (Fsp3) is 0.692. The zero-order chi connectivity index (χ0) is 11.4. The minimum Gasteiger partial charge on any atom is -0.316 e. The molecule has 0 aliphatic heterocycles. The summed E-state index contributed by atoms with van der Waals surface area (Å²) in [5.41, 5.74) is 0.531. The smallest absolute Gasteiger partial charge is 0.0314 e. The minimum atomic E-state index is 0.531. The molecule has 1 heterocycles. The lowest BCUT2D eigenvalue weighted by atomic mass is 9.82. The zero-order valence-electron chi connectivity index (χ0n) is 9.89. The van der Waals surface area contributed by atoms with Gasteiger partial charge in [-0.05, 0) is 58.6 Å². The molecule has 1 fully saturated rings. The molecule has 0 spiro atoms. The van der Waals surface area contributed by atoms with Crippen molar-refractivity contribution in [2.24, 2.45) is 5.41 Å². The van der Waals surface area contributed by atoms with Crippen molar-refractivity contribution in [2.75, 3.05) is 13.1 Å². The Kier molecular flexibility index (Phi) is 4.45. The van der Waals surface area contributed by atoms with Crippen LogP contribution in [0.1, 0.15) is 37.5 Å². The quantitative estimate of drug-likeness (QED) is 0.858. The van der Waals surface area contributed by atoms with Crippen molar-refractivity contribution in [2.45, 2.75) is 39.0 Å². The maximum absolute atomic E-state index is 3.66. The SMILES string of the molecule is CCNCC1(Cc2sccc2Br)CCCC1. The van der Waals surface area contributed by atoms with E-state index < -0.39 is 0 Å². The van der Waals surface area contributed by atoms with Crippen molar-refractivity contribution in [1.82, 2.24) is 5.32 Å². The Hall–Kier alpha value is 0.140. The second-order valence-electron chi connectivity index (χ2n) is 4.86. The summed E-state index contributed by atoms with van der Waals surface area (Å²) in [4.78, 5) is 1.53. The second kappa shape index (κ2) is 5.65. The van der Waals surface area contributed by atoms with Crippen molar-refractivity contribution < 1.29 is 0 Å². The molecule has 1 saturated carbocycles. The van der Waals surface area contributed by atoms with Gasteiger partial charge in [0.05, 0.1) is 0 Å². The molecule has 0 radical (unpaired) electrons. The zero-order valence-corrected chi connectivity index (χ0v) is 12.3. The van der Waals surface area contributed by atoms with E-state index in [2.05, 4.69) is 39.6 Å². The third kappa shape index (κ3) is 2.88. The molecule has 0 saturated heterocycles. The summed E-state index contributed by atoms with van der Waals surface area (Å²) in [5.74, 6) is 0. The maximum atomic E-state index is 3.66. The fourth-order valence-corrected chi connectivity index (χ4v) is 4.39. The van der Waals surface area contributed by atoms with Gasteiger partial charge in [0.1, 0.15) is 0 Å². The average Bonchev–Trinajstić information content (AvgIpc) is 2.88. The van der Waals surface area contributed by atoms with Gasteiger partial charge in [-0.1, -0.05) is 19.8 Å². The van der Waals surface area contributed by atoms with Crippen LogP contribution >= 0.6 is 27.3 Å². The molecule has 0 aromatic carbocycles. The molecule has 0 atom stereocenters. The molecule has 1 nitrogen and oxygen atoms in total. The van der Waals surface area contributed by atoms with Gasteiger partial charge in [-0.2, -0.15) is 0 Å². The molecule has 0 bridgehead atoms. The van der Waals surface area contributed by atoms with Gasteiger partial charge in [-0.15, -0.1) is 11.3 Å². The molecular formula is C13H20BrNS. The van der Waals surface area contributed by atoms with Gasteiger partial charge < -0.3 is 5.32 Å². The van der Waals surface area contributed by atoms with Gasteiger partial charge in [0.25, 0.3) is 0 Å². The van der Waals surface area contributed by atoms with Crippen molar-refractivity contribution >= 4 is 27.3 Å². The van der Waals surface area contributed by atoms with Crippen LogP contribution in [0.2, 0.25) is 0 Å². The summed E-state index contributed by atoms with van der Waals surface area (Å²) < 4.78 is 1.31. The van der Waals surface area contributed by atoms with Crippen molar-refractivity contribution in [3.63, 3.8) is 0 Å². The second-order valence-corrected chi connectivity index (χ2v) is 6.71. The molecule has 2 rings (SSSR count). The molecule has 0 unspecified atom stereocenters. The summed E-state index contributed by atoms with van der Waals surface area (Å²) in [6.45, 7) is 4.48. The van der Waals surface area contributed by atoms with Gasteiger partial charge in [0.15, 0.2) is 0 Å². The molecule has 1 aliphatic rings. The van der Waals surface area contributed by atoms with E-state index in [-0.39, 0.29) is 0 Å². The Labute approximate surface area is 111 Å². The van der Waals surface area contributed by atoms with E-state index in [4.69, 9.17) is 0 Å². The highest BCUT2D eigenvalue weighted by Gasteiger charge is 2.34. The third-order valence-electron chi connectivity index (χ3n) is 3.64. The van der Waals surface area contributed by atoms with Crippen LogP contribution in [-0.4, -0.2) is 13.1 Å². The average molecular weight is 302 g/mol. The summed E-state index contributed by atoms with van der Waals surface area (Å²) in [6, 6.07) is 2.18. The molecule has 1 N–H and O–H groups in total. The van der Waals surface area contributed by atoms with Crippen LogP contribution in [0, 0.1) is 5.41 Å². The largest absolute Gasteiger partial charge is 0.316 e. The van der Waals surface area contributed by atoms with E-state index in [0.717, 1.165) is 6.54 Å². The number of rotatable bonds is 5. The van der Waals surface area contributed by atoms with Crippen LogP contribution in [0.15, 0.2) is 15.9 Å². The van der Waals surface area contributed by atoms with E-state index in [0.29, 0.717) is 5.41 Å². The van der Waals surface area contributed by atoms with Crippen LogP contribution in [0.5, 0.6) is 0 Å². The van der Waals surface area contributed by atoms with Crippen LogP contribution in [0.3, 0.4) is 0 Å². The highest BCUT2D eigenvalue weighted by atomic mass is 79.9. The minimum absolute atomic E-state index is 0.531. The summed E-state index contributed by atoms with van der Waals surface area (Å²) in [5, 5.41) is 5.74. The summed E-state index contributed by atoms with van der Waals surface area (Å²) >= 11 is 5.55. The Bertz CT molecular complexity index is 328. The Balaban J connectivity index is 2.05. The number of nitrogens with one attached hydrogen (secondary N) is 1. The first-order valence-electron chi connectivity index (χ1n) is 6.18. The van der Waals surface area contributed by atoms with E-state index >= 15 is 0 Å². The maximum Gasteiger partial charge on any atom is 0.0314 e. The van der Waals surface area contributed by atoms with Gasteiger partial charge >= 0.3 is 0 Å². The molecule has 1 aromatic rings. The predicted molar refractivity (Wildman–Crippen MR) is 75.2 cm³/mol. The van der Waals surface area contributed by atoms with E-state index in [9.17, 15) is 0 Å². The van der Waals surface area contributed by atoms with Crippen LogP contribution in [0.4, 0.5) is 0 Å². The van der Waals surface area contributed by atoms with E-state index in [1.54, 1.807) is 0 Å². The molecular weight excluding hydrogens is 282 g/mol. The van der Waals surface area contributed by atoms with E-state index in [1.807, 2.05) is 11.3 Å². The van der Waals surface area contributed by atoms with Crippen LogP contribution < -0.4 is 5.32 Å². The van der Waals surface area contributed by atoms with Gasteiger partial charge in [0, 0.05) is 15.9 Å². The standard InChI is InChI=1S/C13H20BrNS/c1-2-15-10-13(6-3-4-7-13)9-12-11(14)5-8-16-12/h5,8,15H,2-4,6-7,9-10H2,1H3. The molecule has 0 amide bonds. The highest BCUT2D eigenvalue weighted by Crippen LogP contribution is 2.42. The normalized spacial score (nSPS) is 19.1. The molecule has 90 valence electrons. The lowest BCUT2D eigenvalue weighted by Crippen LogP contribution is -2.33. The predicted octanol–water partition coefficient (Wildman–Crippen LogP) is 4.22. The van der Waals surface area contributed by atoms with Gasteiger partial charge in [0.2, 0.25) is 0 Å². The monoisotopic (exact) mass is 301 g/mol. The lowest BCUT2D eigenvalue weighted by Gasteiger charge is -2.29. The number of thiophene rings is 1. The number of hydrogen-bond donors (Lipinski definition) is 1. The van der Waals surface area contributed by atoms with Crippen molar-refractivity contribution in [3.8, 4) is 0 Å². The van der Waals surface area contributed by atoms with Crippen LogP contribution in [-0.2, 0) is 6.42 Å². The van der Waals surface area contributed by atoms with Gasteiger partial charge in [-0.3, -0.25) is 0 Å². The first kappa shape index (κ1) is 12.6. The Morgan fingerprint density at radius 3 is 2.75 bits per heavy atom. The van der Waals surface area contributed by atoms with E-state index in [1.165, 1.54) is 48.0 Å². The number of halogens is 1. The Morgan fingerprint density at radius 2 is 2.19 bits per heavy atom. The van der Waals surface area contributed by atoms with Gasteiger partial charge in [-0.25, -0.2) is 0 Å². The van der Waals surface area contributed by atoms with Crippen LogP contribution in [0.25, 0.3) is 0 Å². The van der Waals surface area contributed by atoms with Crippen molar-refractivity contribution in [1.29, 1.82) is 0 Å². The fourth-order valence-electron chi connectivity index (χ4n) is 2.72. The summed E-state index contributed by atoms with van der Waals surface area (Å²) in [7, 11) is 0. The third-order valence-corrected chi connectivity index (χ3v) is 5.57. The molecule has 1 aliphatic carbocycles. The topological polar surface area (TPSA) is 12.0 Å². The molecule has 1 aromatic heterocycles. The first-order valence-corrected chi connectivity index (χ1v) is 7.86. The number of hydrogen-bond acceptors (Lipinski definition) is 2. The first-order chi connectivity index (χ1) is 7.76. The van der Waals surface area contributed by atoms with Crippen molar-refractivity contribution in [3.05, 3.63) is 20.8 Å². The Morgan fingerprint density at radius 1 is 1.44 bits per heavy atom. The lowest BCUT2D eigenvalue weighted by molar-refractivity contribution is 0.282. The summed E-state index contributed by atoms with van der Waals surface area (Å²) in [6.07, 6.45) is 6.86. The molecule has 16 heavy (non-hydrogen) atoms.